The summed E-state index contributed by atoms with van der Waals surface area (Å²) >= 11 is 0. The van der Waals surface area contributed by atoms with Crippen LogP contribution in [-0.2, 0) is 6.42 Å². The van der Waals surface area contributed by atoms with Gasteiger partial charge in [0.05, 0.1) is 11.8 Å². The average Bonchev–Trinajstić information content (AvgIpc) is 2.75. The van der Waals surface area contributed by atoms with Crippen molar-refractivity contribution in [2.45, 2.75) is 27.2 Å². The van der Waals surface area contributed by atoms with Crippen LogP contribution in [0.4, 0.5) is 4.39 Å². The van der Waals surface area contributed by atoms with Crippen molar-refractivity contribution in [3.05, 3.63) is 58.3 Å². The Morgan fingerprint density at radius 3 is 2.44 bits per heavy atom. The van der Waals surface area contributed by atoms with Crippen molar-refractivity contribution in [3.8, 4) is 0 Å². The van der Waals surface area contributed by atoms with Gasteiger partial charge in [0, 0.05) is 12.0 Å². The van der Waals surface area contributed by atoms with E-state index in [1.54, 1.807) is 19.9 Å². The first kappa shape index (κ1) is 12.6. The summed E-state index contributed by atoms with van der Waals surface area (Å²) in [5, 5.41) is 0. The van der Waals surface area contributed by atoms with Gasteiger partial charge in [-0.05, 0) is 43.2 Å². The monoisotopic (exact) mass is 246 g/mol. The number of hydrogen-bond donors (Lipinski definition) is 0. The van der Waals surface area contributed by atoms with Gasteiger partial charge in [-0.25, -0.2) is 4.39 Å². The highest BCUT2D eigenvalue weighted by molar-refractivity contribution is 6.11. The Morgan fingerprint density at radius 2 is 1.89 bits per heavy atom. The van der Waals surface area contributed by atoms with Gasteiger partial charge in [0.1, 0.15) is 11.6 Å². The van der Waals surface area contributed by atoms with E-state index in [0.29, 0.717) is 34.4 Å². The molecule has 0 radical (unpaired) electrons. The second-order valence-corrected chi connectivity index (χ2v) is 4.35. The van der Waals surface area contributed by atoms with Gasteiger partial charge in [-0.2, -0.15) is 0 Å². The number of carbonyl (C=O) groups excluding carboxylic acids is 1. The first-order chi connectivity index (χ1) is 8.54. The van der Waals surface area contributed by atoms with E-state index in [4.69, 9.17) is 4.42 Å². The maximum absolute atomic E-state index is 13.2. The maximum atomic E-state index is 13.2. The zero-order valence-electron chi connectivity index (χ0n) is 10.7. The molecule has 1 aromatic carbocycles. The van der Waals surface area contributed by atoms with Crippen LogP contribution in [0.15, 0.2) is 28.9 Å². The van der Waals surface area contributed by atoms with Crippen LogP contribution >= 0.6 is 0 Å². The molecule has 0 N–H and O–H groups in total. The number of halogens is 1. The third kappa shape index (κ3) is 2.08. The van der Waals surface area contributed by atoms with Crippen LogP contribution in [0.1, 0.15) is 39.7 Å². The Labute approximate surface area is 105 Å². The molecule has 0 spiro atoms. The Kier molecular flexibility index (Phi) is 3.32. The number of furan rings is 1. The van der Waals surface area contributed by atoms with Gasteiger partial charge in [0.25, 0.3) is 0 Å². The van der Waals surface area contributed by atoms with Gasteiger partial charge in [0.15, 0.2) is 5.78 Å². The summed E-state index contributed by atoms with van der Waals surface area (Å²) in [6.07, 6.45) is 2.17. The molecule has 94 valence electrons. The number of rotatable bonds is 3. The highest BCUT2D eigenvalue weighted by Gasteiger charge is 2.19. The summed E-state index contributed by atoms with van der Waals surface area (Å²) in [6, 6.07) is 4.43. The molecule has 0 saturated heterocycles. The molecule has 0 aliphatic rings. The molecule has 0 aliphatic heterocycles. The minimum absolute atomic E-state index is 0.101. The fourth-order valence-electron chi connectivity index (χ4n) is 2.22. The molecule has 18 heavy (non-hydrogen) atoms. The van der Waals surface area contributed by atoms with Crippen LogP contribution in [0, 0.1) is 19.7 Å². The molecule has 0 fully saturated rings. The summed E-state index contributed by atoms with van der Waals surface area (Å²) in [5.41, 5.74) is 2.43. The molecule has 1 heterocycles. The van der Waals surface area contributed by atoms with Crippen molar-refractivity contribution in [1.82, 2.24) is 0 Å². The summed E-state index contributed by atoms with van der Waals surface area (Å²) in [7, 11) is 0. The highest BCUT2D eigenvalue weighted by Crippen LogP contribution is 2.22. The Hall–Kier alpha value is -1.90. The second kappa shape index (κ2) is 4.77. The molecule has 0 aliphatic carbocycles. The molecule has 0 saturated carbocycles. The average molecular weight is 246 g/mol. The molecule has 3 heteroatoms. The van der Waals surface area contributed by atoms with E-state index in [-0.39, 0.29) is 11.6 Å². The lowest BCUT2D eigenvalue weighted by molar-refractivity contribution is 0.103. The molecule has 2 rings (SSSR count). The van der Waals surface area contributed by atoms with E-state index in [9.17, 15) is 9.18 Å². The third-order valence-corrected chi connectivity index (χ3v) is 3.04. The number of carbonyl (C=O) groups is 1. The van der Waals surface area contributed by atoms with Gasteiger partial charge < -0.3 is 4.42 Å². The predicted molar refractivity (Wildman–Crippen MR) is 67.4 cm³/mol. The molecular formula is C15H15FO2. The highest BCUT2D eigenvalue weighted by atomic mass is 19.1. The van der Waals surface area contributed by atoms with E-state index in [2.05, 4.69) is 0 Å². The lowest BCUT2D eigenvalue weighted by Crippen LogP contribution is -2.08. The fraction of sp³-hybridized carbons (Fsp3) is 0.267. The zero-order valence-corrected chi connectivity index (χ0v) is 10.7. The van der Waals surface area contributed by atoms with Crippen LogP contribution in [0.25, 0.3) is 0 Å². The van der Waals surface area contributed by atoms with Crippen LogP contribution < -0.4 is 0 Å². The van der Waals surface area contributed by atoms with Crippen molar-refractivity contribution in [3.63, 3.8) is 0 Å². The normalized spacial score (nSPS) is 10.7. The largest absolute Gasteiger partial charge is 0.469 e. The number of ketones is 1. The number of hydrogen-bond acceptors (Lipinski definition) is 2. The van der Waals surface area contributed by atoms with Crippen LogP contribution in [0.5, 0.6) is 0 Å². The molecule has 2 nitrogen and oxygen atoms in total. The van der Waals surface area contributed by atoms with Crippen molar-refractivity contribution in [2.24, 2.45) is 0 Å². The predicted octanol–water partition coefficient (Wildman–Crippen LogP) is 3.83. The molecule has 0 atom stereocenters. The smallest absolute Gasteiger partial charge is 0.197 e. The zero-order chi connectivity index (χ0) is 13.3. The number of aryl methyl sites for hydroxylation is 3. The van der Waals surface area contributed by atoms with Gasteiger partial charge >= 0.3 is 0 Å². The topological polar surface area (TPSA) is 30.2 Å². The van der Waals surface area contributed by atoms with Gasteiger partial charge in [-0.15, -0.1) is 0 Å². The SMILES string of the molecule is CCc1occc1C(=O)c1c(C)cc(F)cc1C. The van der Waals surface area contributed by atoms with Crippen molar-refractivity contribution in [2.75, 3.05) is 0 Å². The van der Waals surface area contributed by atoms with Crippen molar-refractivity contribution in [1.29, 1.82) is 0 Å². The first-order valence-electron chi connectivity index (χ1n) is 5.92. The lowest BCUT2D eigenvalue weighted by Gasteiger charge is -2.08. The minimum Gasteiger partial charge on any atom is -0.469 e. The fourth-order valence-corrected chi connectivity index (χ4v) is 2.22. The van der Waals surface area contributed by atoms with Crippen molar-refractivity contribution < 1.29 is 13.6 Å². The van der Waals surface area contributed by atoms with Gasteiger partial charge in [-0.3, -0.25) is 4.79 Å². The summed E-state index contributed by atoms with van der Waals surface area (Å²) in [5.74, 6) is 0.253. The standard InChI is InChI=1S/C15H15FO2/c1-4-13-12(5-6-18-13)15(17)14-9(2)7-11(16)8-10(14)3/h5-8H,4H2,1-3H3. The Bertz CT molecular complexity index is 573. The van der Waals surface area contributed by atoms with E-state index < -0.39 is 0 Å². The van der Waals surface area contributed by atoms with E-state index in [0.717, 1.165) is 0 Å². The van der Waals surface area contributed by atoms with Crippen LogP contribution in [-0.4, -0.2) is 5.78 Å². The second-order valence-electron chi connectivity index (χ2n) is 4.35. The third-order valence-electron chi connectivity index (χ3n) is 3.04. The first-order valence-corrected chi connectivity index (χ1v) is 5.92. The molecular weight excluding hydrogens is 231 g/mol. The Morgan fingerprint density at radius 1 is 1.28 bits per heavy atom. The number of benzene rings is 1. The van der Waals surface area contributed by atoms with Crippen LogP contribution in [0.3, 0.4) is 0 Å². The maximum Gasteiger partial charge on any atom is 0.197 e. The van der Waals surface area contributed by atoms with E-state index in [1.165, 1.54) is 18.4 Å². The molecule has 0 unspecified atom stereocenters. The van der Waals surface area contributed by atoms with E-state index >= 15 is 0 Å². The molecule has 2 aromatic rings. The molecule has 0 bridgehead atoms. The van der Waals surface area contributed by atoms with Gasteiger partial charge in [-0.1, -0.05) is 6.92 Å². The van der Waals surface area contributed by atoms with Gasteiger partial charge in [0.2, 0.25) is 0 Å². The van der Waals surface area contributed by atoms with Crippen LogP contribution in [0.2, 0.25) is 0 Å². The van der Waals surface area contributed by atoms with E-state index in [1.807, 2.05) is 6.92 Å². The quantitative estimate of drug-likeness (QED) is 0.770. The molecule has 0 amide bonds. The minimum atomic E-state index is -0.315. The molecule has 1 aromatic heterocycles. The Balaban J connectivity index is 2.53. The summed E-state index contributed by atoms with van der Waals surface area (Å²) in [4.78, 5) is 12.5. The lowest BCUT2D eigenvalue weighted by atomic mass is 9.94. The summed E-state index contributed by atoms with van der Waals surface area (Å²) < 4.78 is 18.5. The summed E-state index contributed by atoms with van der Waals surface area (Å²) in [6.45, 7) is 5.42. The van der Waals surface area contributed by atoms with Crippen molar-refractivity contribution >= 4 is 5.78 Å².